The molecule has 0 radical (unpaired) electrons. The van der Waals surface area contributed by atoms with Crippen molar-refractivity contribution >= 4 is 23.6 Å². The van der Waals surface area contributed by atoms with Crippen LogP contribution < -0.4 is 11.2 Å². The van der Waals surface area contributed by atoms with Crippen molar-refractivity contribution in [1.29, 1.82) is 0 Å². The van der Waals surface area contributed by atoms with Gasteiger partial charge >= 0.3 is 23.1 Å². The Labute approximate surface area is 155 Å². The normalized spacial score (nSPS) is 9.17. The van der Waals surface area contributed by atoms with Crippen LogP contribution in [0.25, 0.3) is 0 Å². The molecule has 3 rings (SSSR count). The van der Waals surface area contributed by atoms with Crippen molar-refractivity contribution in [2.45, 2.75) is 0 Å². The van der Waals surface area contributed by atoms with Gasteiger partial charge < -0.3 is 5.73 Å². The van der Waals surface area contributed by atoms with Gasteiger partial charge in [0.15, 0.2) is 0 Å². The number of carbonyl (C=O) groups excluding carboxylic acids is 1. The van der Waals surface area contributed by atoms with Crippen molar-refractivity contribution in [1.82, 2.24) is 5.43 Å². The van der Waals surface area contributed by atoms with Crippen molar-refractivity contribution in [3.63, 3.8) is 0 Å². The van der Waals surface area contributed by atoms with E-state index in [4.69, 9.17) is 5.73 Å². The predicted molar refractivity (Wildman–Crippen MR) is 94.7 cm³/mol. The monoisotopic (exact) mass is 377 g/mol. The zero-order valence-electron chi connectivity index (χ0n) is 12.6. The summed E-state index contributed by atoms with van der Waals surface area (Å²) in [7, 11) is 0. The molecule has 2 aromatic carbocycles. The quantitative estimate of drug-likeness (QED) is 0.233. The first-order chi connectivity index (χ1) is 11.2. The smallest absolute Gasteiger partial charge is 0.350 e. The SMILES string of the molecule is NC(=O)NN=Cc1ccc(C#C[c-]2cccc2)s1.[Fe+2].c1cc[cH-]c1. The Kier molecular flexibility index (Phi) is 8.95. The second kappa shape index (κ2) is 11.0. The molecule has 6 heteroatoms. The molecule has 24 heavy (non-hydrogen) atoms. The number of urea groups is 1. The summed E-state index contributed by atoms with van der Waals surface area (Å²) in [5.74, 6) is 6.12. The summed E-state index contributed by atoms with van der Waals surface area (Å²) >= 11 is 1.49. The molecule has 2 amide bonds. The van der Waals surface area contributed by atoms with Crippen LogP contribution in [0.15, 0.2) is 71.8 Å². The number of nitrogens with two attached hydrogens (primary N) is 1. The molecule has 0 fully saturated rings. The van der Waals surface area contributed by atoms with Crippen LogP contribution in [0.2, 0.25) is 0 Å². The largest absolute Gasteiger partial charge is 2.00 e. The van der Waals surface area contributed by atoms with Crippen molar-refractivity contribution in [3.05, 3.63) is 82.0 Å². The minimum Gasteiger partial charge on any atom is -0.350 e. The summed E-state index contributed by atoms with van der Waals surface area (Å²) in [4.78, 5) is 12.2. The number of primary amides is 1. The van der Waals surface area contributed by atoms with E-state index >= 15 is 0 Å². The van der Waals surface area contributed by atoms with E-state index in [-0.39, 0.29) is 17.1 Å². The Bertz CT molecular complexity index is 776. The van der Waals surface area contributed by atoms with Gasteiger partial charge in [-0.25, -0.2) is 22.4 Å². The molecular formula is C18H15FeN3OS. The maximum absolute atomic E-state index is 10.4. The van der Waals surface area contributed by atoms with Crippen molar-refractivity contribution in [3.8, 4) is 11.8 Å². The van der Waals surface area contributed by atoms with Gasteiger partial charge in [0.1, 0.15) is 0 Å². The Morgan fingerprint density at radius 3 is 2.54 bits per heavy atom. The standard InChI is InChI=1S/C13H10N3OS.C5H5.Fe/c14-13(17)16-15-9-12-8-7-11(18-12)6-5-10-3-1-2-4-10;1-2-4-5-3-1;/h1-4,7-9H,(H3,14,16,17);1-5H;/q2*-1;+2. The van der Waals surface area contributed by atoms with Gasteiger partial charge in [-0.1, -0.05) is 5.56 Å². The number of thiophene rings is 1. The van der Waals surface area contributed by atoms with Gasteiger partial charge in [0.2, 0.25) is 0 Å². The average molecular weight is 377 g/mol. The molecule has 0 saturated carbocycles. The zero-order valence-corrected chi connectivity index (χ0v) is 14.5. The van der Waals surface area contributed by atoms with Gasteiger partial charge in [0.05, 0.1) is 6.21 Å². The van der Waals surface area contributed by atoms with Gasteiger partial charge in [-0.05, 0) is 12.1 Å². The third-order valence-electron chi connectivity index (χ3n) is 2.54. The number of rotatable bonds is 2. The van der Waals surface area contributed by atoms with Crippen molar-refractivity contribution < 1.29 is 21.9 Å². The Morgan fingerprint density at radius 2 is 1.96 bits per heavy atom. The van der Waals surface area contributed by atoms with Gasteiger partial charge in [0.25, 0.3) is 0 Å². The number of hydrogen-bond acceptors (Lipinski definition) is 3. The van der Waals surface area contributed by atoms with Crippen molar-refractivity contribution in [2.75, 3.05) is 0 Å². The maximum Gasteiger partial charge on any atom is 2.00 e. The molecule has 0 aliphatic rings. The van der Waals surface area contributed by atoms with E-state index in [1.165, 1.54) is 17.6 Å². The van der Waals surface area contributed by atoms with E-state index in [0.717, 1.165) is 15.3 Å². The van der Waals surface area contributed by atoms with E-state index in [2.05, 4.69) is 22.4 Å². The van der Waals surface area contributed by atoms with E-state index < -0.39 is 6.03 Å². The summed E-state index contributed by atoms with van der Waals surface area (Å²) < 4.78 is 0. The first-order valence-electron chi connectivity index (χ1n) is 6.83. The number of hydrogen-bond donors (Lipinski definition) is 2. The molecule has 0 bridgehead atoms. The van der Waals surface area contributed by atoms with E-state index in [9.17, 15) is 4.79 Å². The number of nitrogens with one attached hydrogen (secondary N) is 1. The third kappa shape index (κ3) is 7.61. The van der Waals surface area contributed by atoms with Crippen LogP contribution in [0.1, 0.15) is 15.3 Å². The molecule has 0 atom stereocenters. The van der Waals surface area contributed by atoms with Crippen LogP contribution in [-0.2, 0) is 17.1 Å². The topological polar surface area (TPSA) is 67.5 Å². The Morgan fingerprint density at radius 1 is 1.25 bits per heavy atom. The number of nitrogens with zero attached hydrogens (tertiary/aromatic N) is 1. The van der Waals surface area contributed by atoms with Crippen LogP contribution in [0.3, 0.4) is 0 Å². The van der Waals surface area contributed by atoms with Gasteiger partial charge in [-0.3, -0.25) is 0 Å². The third-order valence-corrected chi connectivity index (χ3v) is 3.48. The number of amides is 2. The molecule has 0 unspecified atom stereocenters. The summed E-state index contributed by atoms with van der Waals surface area (Å²) in [6.07, 6.45) is 1.53. The molecule has 0 aliphatic carbocycles. The second-order valence-electron chi connectivity index (χ2n) is 4.32. The maximum atomic E-state index is 10.4. The fourth-order valence-corrected chi connectivity index (χ4v) is 2.29. The average Bonchev–Trinajstić information content (AvgIpc) is 3.29. The van der Waals surface area contributed by atoms with Gasteiger partial charge in [-0.2, -0.15) is 47.3 Å². The molecule has 3 aromatic rings. The molecule has 1 aromatic heterocycles. The first-order valence-corrected chi connectivity index (χ1v) is 7.64. The van der Waals surface area contributed by atoms with Crippen LogP contribution in [0, 0.1) is 11.8 Å². The second-order valence-corrected chi connectivity index (χ2v) is 5.44. The zero-order chi connectivity index (χ0) is 16.3. The van der Waals surface area contributed by atoms with Crippen LogP contribution in [-0.4, -0.2) is 12.2 Å². The summed E-state index contributed by atoms with van der Waals surface area (Å²) in [6, 6.07) is 20.9. The van der Waals surface area contributed by atoms with Gasteiger partial charge in [-0.15, -0.1) is 23.5 Å². The minimum atomic E-state index is -0.681. The molecule has 3 N–H and O–H groups in total. The Balaban J connectivity index is 0.000000412. The molecular weight excluding hydrogens is 362 g/mol. The fraction of sp³-hybridized carbons (Fsp3) is 0. The fourth-order valence-electron chi connectivity index (χ4n) is 1.56. The van der Waals surface area contributed by atoms with Crippen molar-refractivity contribution in [2.24, 2.45) is 10.8 Å². The molecule has 0 spiro atoms. The first kappa shape index (κ1) is 19.5. The van der Waals surface area contributed by atoms with E-state index in [1.807, 2.05) is 66.7 Å². The molecule has 4 nitrogen and oxygen atoms in total. The molecule has 0 aliphatic heterocycles. The summed E-state index contributed by atoms with van der Waals surface area (Å²) in [6.45, 7) is 0. The number of carbonyl (C=O) groups is 1. The van der Waals surface area contributed by atoms with E-state index in [1.54, 1.807) is 0 Å². The molecule has 1 heterocycles. The summed E-state index contributed by atoms with van der Waals surface area (Å²) in [5, 5.41) is 3.68. The summed E-state index contributed by atoms with van der Waals surface area (Å²) in [5.41, 5.74) is 8.01. The van der Waals surface area contributed by atoms with Crippen LogP contribution in [0.4, 0.5) is 4.79 Å². The molecule has 122 valence electrons. The number of hydrazone groups is 1. The van der Waals surface area contributed by atoms with Crippen LogP contribution in [0.5, 0.6) is 0 Å². The van der Waals surface area contributed by atoms with E-state index in [0.29, 0.717) is 0 Å². The van der Waals surface area contributed by atoms with Gasteiger partial charge in [0, 0.05) is 9.75 Å². The molecule has 0 saturated heterocycles. The van der Waals surface area contributed by atoms with Crippen LogP contribution >= 0.6 is 11.3 Å². The minimum absolute atomic E-state index is 0. The Hall–Kier alpha value is -2.58. The predicted octanol–water partition coefficient (Wildman–Crippen LogP) is 3.27.